The van der Waals surface area contributed by atoms with Crippen molar-refractivity contribution in [1.29, 1.82) is 0 Å². The summed E-state index contributed by atoms with van der Waals surface area (Å²) in [5, 5.41) is 10.1. The van der Waals surface area contributed by atoms with Crippen molar-refractivity contribution < 1.29 is 18.6 Å². The van der Waals surface area contributed by atoms with Gasteiger partial charge in [0.2, 0.25) is 0 Å². The topological polar surface area (TPSA) is 29.5 Å². The quantitative estimate of drug-likeness (QED) is 0.848. The second kappa shape index (κ2) is 5.76. The van der Waals surface area contributed by atoms with Crippen LogP contribution in [-0.2, 0) is 11.2 Å². The van der Waals surface area contributed by atoms with Crippen LogP contribution in [-0.4, -0.2) is 23.9 Å². The molecular formula is C14H18F2O2. The lowest BCUT2D eigenvalue weighted by atomic mass is 10.0. The summed E-state index contributed by atoms with van der Waals surface area (Å²) in [6.45, 7) is 2.38. The van der Waals surface area contributed by atoms with Crippen molar-refractivity contribution in [2.45, 2.75) is 38.4 Å². The molecule has 4 heteroatoms. The number of rotatable bonds is 6. The van der Waals surface area contributed by atoms with Gasteiger partial charge in [-0.05, 0) is 37.3 Å². The van der Waals surface area contributed by atoms with Gasteiger partial charge in [-0.1, -0.05) is 12.1 Å². The van der Waals surface area contributed by atoms with Crippen LogP contribution in [0.2, 0.25) is 0 Å². The first-order valence-electron chi connectivity index (χ1n) is 6.36. The van der Waals surface area contributed by atoms with Gasteiger partial charge in [0.15, 0.2) is 11.6 Å². The van der Waals surface area contributed by atoms with Crippen LogP contribution < -0.4 is 0 Å². The summed E-state index contributed by atoms with van der Waals surface area (Å²) in [5.41, 5.74) is 0.202. The summed E-state index contributed by atoms with van der Waals surface area (Å²) >= 11 is 0. The molecule has 0 aromatic heterocycles. The summed E-state index contributed by atoms with van der Waals surface area (Å²) in [5.74, 6) is -1.39. The molecule has 0 saturated heterocycles. The molecule has 100 valence electrons. The van der Waals surface area contributed by atoms with Crippen molar-refractivity contribution in [3.8, 4) is 0 Å². The van der Waals surface area contributed by atoms with Gasteiger partial charge < -0.3 is 9.84 Å². The van der Waals surface area contributed by atoms with Crippen molar-refractivity contribution in [2.75, 3.05) is 6.61 Å². The molecule has 1 fully saturated rings. The number of halogens is 2. The zero-order valence-corrected chi connectivity index (χ0v) is 10.4. The van der Waals surface area contributed by atoms with Crippen LogP contribution in [0.15, 0.2) is 18.2 Å². The summed E-state index contributed by atoms with van der Waals surface area (Å²) in [6, 6.07) is 4.02. The molecule has 1 aliphatic carbocycles. The van der Waals surface area contributed by atoms with Gasteiger partial charge in [-0.2, -0.15) is 0 Å². The Bertz CT molecular complexity index is 405. The highest BCUT2D eigenvalue weighted by molar-refractivity contribution is 5.20. The predicted octanol–water partition coefficient (Wildman–Crippen LogP) is 2.68. The average molecular weight is 256 g/mol. The molecule has 0 bridgehead atoms. The lowest BCUT2D eigenvalue weighted by Crippen LogP contribution is -2.33. The van der Waals surface area contributed by atoms with Crippen LogP contribution in [0.4, 0.5) is 8.78 Å². The normalized spacial score (nSPS) is 18.7. The van der Waals surface area contributed by atoms with Crippen LogP contribution in [0.5, 0.6) is 0 Å². The van der Waals surface area contributed by atoms with Crippen molar-refractivity contribution in [2.24, 2.45) is 5.92 Å². The third kappa shape index (κ3) is 3.06. The van der Waals surface area contributed by atoms with Gasteiger partial charge in [-0.25, -0.2) is 8.78 Å². The first-order valence-corrected chi connectivity index (χ1v) is 6.36. The van der Waals surface area contributed by atoms with Crippen LogP contribution >= 0.6 is 0 Å². The maximum absolute atomic E-state index is 13.5. The minimum atomic E-state index is -0.876. The Kier molecular flexibility index (Phi) is 4.30. The number of hydrogen-bond donors (Lipinski definition) is 1. The third-order valence-corrected chi connectivity index (χ3v) is 3.29. The SMILES string of the molecule is CCOC(C(O)Cc1cccc(F)c1F)C1CC1. The Hall–Kier alpha value is -1.00. The van der Waals surface area contributed by atoms with E-state index in [9.17, 15) is 13.9 Å². The van der Waals surface area contributed by atoms with E-state index < -0.39 is 17.7 Å². The molecule has 18 heavy (non-hydrogen) atoms. The van der Waals surface area contributed by atoms with Crippen LogP contribution in [0.1, 0.15) is 25.3 Å². The molecule has 1 aromatic carbocycles. The highest BCUT2D eigenvalue weighted by Gasteiger charge is 2.36. The minimum Gasteiger partial charge on any atom is -0.390 e. The van der Waals surface area contributed by atoms with Gasteiger partial charge in [0.1, 0.15) is 0 Å². The summed E-state index contributed by atoms with van der Waals surface area (Å²) in [7, 11) is 0. The number of aliphatic hydroxyl groups excluding tert-OH is 1. The largest absolute Gasteiger partial charge is 0.390 e. The Labute approximate surface area is 106 Å². The Morgan fingerprint density at radius 1 is 1.39 bits per heavy atom. The van der Waals surface area contributed by atoms with Crippen molar-refractivity contribution in [3.05, 3.63) is 35.4 Å². The van der Waals surface area contributed by atoms with Gasteiger partial charge in [0.05, 0.1) is 12.2 Å². The van der Waals surface area contributed by atoms with E-state index in [4.69, 9.17) is 4.74 Å². The molecule has 1 aliphatic rings. The summed E-state index contributed by atoms with van der Waals surface area (Å²) in [4.78, 5) is 0. The van der Waals surface area contributed by atoms with Gasteiger partial charge in [0, 0.05) is 13.0 Å². The van der Waals surface area contributed by atoms with Gasteiger partial charge >= 0.3 is 0 Å². The molecule has 0 radical (unpaired) electrons. The second-order valence-corrected chi connectivity index (χ2v) is 4.74. The third-order valence-electron chi connectivity index (χ3n) is 3.29. The molecule has 0 amide bonds. The highest BCUT2D eigenvalue weighted by Crippen LogP contribution is 2.36. The Morgan fingerprint density at radius 2 is 2.11 bits per heavy atom. The monoisotopic (exact) mass is 256 g/mol. The number of aliphatic hydroxyl groups is 1. The van der Waals surface area contributed by atoms with E-state index in [1.165, 1.54) is 12.1 Å². The van der Waals surface area contributed by atoms with E-state index >= 15 is 0 Å². The van der Waals surface area contributed by atoms with Gasteiger partial charge in [0.25, 0.3) is 0 Å². The number of ether oxygens (including phenoxy) is 1. The van der Waals surface area contributed by atoms with Crippen LogP contribution in [0.3, 0.4) is 0 Å². The minimum absolute atomic E-state index is 0.0881. The van der Waals surface area contributed by atoms with E-state index in [1.54, 1.807) is 0 Å². The average Bonchev–Trinajstić information content (AvgIpc) is 3.16. The van der Waals surface area contributed by atoms with Gasteiger partial charge in [-0.3, -0.25) is 0 Å². The summed E-state index contributed by atoms with van der Waals surface area (Å²) in [6.07, 6.45) is 1.11. The fourth-order valence-corrected chi connectivity index (χ4v) is 2.23. The molecule has 1 aromatic rings. The first-order chi connectivity index (χ1) is 8.63. The molecule has 0 aliphatic heterocycles. The molecule has 0 spiro atoms. The lowest BCUT2D eigenvalue weighted by Gasteiger charge is -2.23. The van der Waals surface area contributed by atoms with Gasteiger partial charge in [-0.15, -0.1) is 0 Å². The fraction of sp³-hybridized carbons (Fsp3) is 0.571. The summed E-state index contributed by atoms with van der Waals surface area (Å²) < 4.78 is 32.1. The Morgan fingerprint density at radius 3 is 2.72 bits per heavy atom. The zero-order valence-electron chi connectivity index (χ0n) is 10.4. The van der Waals surface area contributed by atoms with Crippen LogP contribution in [0, 0.1) is 17.6 Å². The van der Waals surface area contributed by atoms with E-state index in [0.717, 1.165) is 18.9 Å². The van der Waals surface area contributed by atoms with E-state index in [-0.39, 0.29) is 18.1 Å². The smallest absolute Gasteiger partial charge is 0.162 e. The fourth-order valence-electron chi connectivity index (χ4n) is 2.23. The number of benzene rings is 1. The first kappa shape index (κ1) is 13.4. The molecule has 2 unspecified atom stereocenters. The molecular weight excluding hydrogens is 238 g/mol. The molecule has 2 nitrogen and oxygen atoms in total. The maximum atomic E-state index is 13.5. The molecule has 0 heterocycles. The Balaban J connectivity index is 2.04. The molecule has 2 rings (SSSR count). The zero-order chi connectivity index (χ0) is 13.1. The van der Waals surface area contributed by atoms with E-state index in [1.807, 2.05) is 6.92 Å². The molecule has 2 atom stereocenters. The van der Waals surface area contributed by atoms with E-state index in [0.29, 0.717) is 12.5 Å². The predicted molar refractivity (Wildman–Crippen MR) is 64.2 cm³/mol. The highest BCUT2D eigenvalue weighted by atomic mass is 19.2. The number of hydrogen-bond acceptors (Lipinski definition) is 2. The van der Waals surface area contributed by atoms with Crippen molar-refractivity contribution >= 4 is 0 Å². The lowest BCUT2D eigenvalue weighted by molar-refractivity contribution is -0.0442. The van der Waals surface area contributed by atoms with Crippen LogP contribution in [0.25, 0.3) is 0 Å². The van der Waals surface area contributed by atoms with E-state index in [2.05, 4.69) is 0 Å². The maximum Gasteiger partial charge on any atom is 0.162 e. The molecule has 1 N–H and O–H groups in total. The molecule has 1 saturated carbocycles. The second-order valence-electron chi connectivity index (χ2n) is 4.74. The van der Waals surface area contributed by atoms with Crippen molar-refractivity contribution in [3.63, 3.8) is 0 Å². The standard InChI is InChI=1S/C14H18F2O2/c1-2-18-14(9-6-7-9)12(17)8-10-4-3-5-11(15)13(10)16/h3-5,9,12,14,17H,2,6-8H2,1H3. The van der Waals surface area contributed by atoms with Crippen molar-refractivity contribution in [1.82, 2.24) is 0 Å².